The molecule has 0 spiro atoms. The van der Waals surface area contributed by atoms with Crippen molar-refractivity contribution < 1.29 is 4.79 Å². The van der Waals surface area contributed by atoms with Crippen LogP contribution in [-0.2, 0) is 11.2 Å². The topological polar surface area (TPSA) is 58.4 Å². The molecular weight excluding hydrogens is 252 g/mol. The number of pyridine rings is 1. The standard InChI is InChI=1S/C15H18N4O/c20-15(17-10-12-4-6-16-7-5-12)9-13-11-19-8-2-1-3-14(19)18-13/h1-4,8,11,16H,5-7,9-10H2,(H,17,20). The maximum atomic E-state index is 11.9. The lowest BCUT2D eigenvalue weighted by molar-refractivity contribution is -0.120. The van der Waals surface area contributed by atoms with Gasteiger partial charge in [-0.05, 0) is 25.1 Å². The Bertz CT molecular complexity index is 611. The molecule has 5 heteroatoms. The zero-order valence-electron chi connectivity index (χ0n) is 11.3. The van der Waals surface area contributed by atoms with Crippen molar-refractivity contribution in [2.45, 2.75) is 12.8 Å². The van der Waals surface area contributed by atoms with Gasteiger partial charge in [-0.3, -0.25) is 4.79 Å². The van der Waals surface area contributed by atoms with E-state index in [1.165, 1.54) is 5.57 Å². The van der Waals surface area contributed by atoms with E-state index >= 15 is 0 Å². The molecule has 1 aliphatic heterocycles. The summed E-state index contributed by atoms with van der Waals surface area (Å²) in [6, 6.07) is 5.82. The van der Waals surface area contributed by atoms with E-state index in [9.17, 15) is 4.79 Å². The highest BCUT2D eigenvalue weighted by molar-refractivity contribution is 5.78. The lowest BCUT2D eigenvalue weighted by atomic mass is 10.1. The van der Waals surface area contributed by atoms with Crippen LogP contribution in [0.15, 0.2) is 42.2 Å². The predicted octanol–water partition coefficient (Wildman–Crippen LogP) is 0.913. The summed E-state index contributed by atoms with van der Waals surface area (Å²) in [5, 5.41) is 6.22. The second kappa shape index (κ2) is 5.88. The fraction of sp³-hybridized carbons (Fsp3) is 0.333. The summed E-state index contributed by atoms with van der Waals surface area (Å²) in [4.78, 5) is 16.4. The molecule has 3 heterocycles. The van der Waals surface area contributed by atoms with Gasteiger partial charge in [0.15, 0.2) is 0 Å². The lowest BCUT2D eigenvalue weighted by Crippen LogP contribution is -2.30. The number of imidazole rings is 1. The zero-order valence-corrected chi connectivity index (χ0v) is 11.3. The van der Waals surface area contributed by atoms with Crippen molar-refractivity contribution in [2.75, 3.05) is 19.6 Å². The molecule has 2 aromatic heterocycles. The first-order valence-corrected chi connectivity index (χ1v) is 6.89. The van der Waals surface area contributed by atoms with Crippen molar-refractivity contribution in [3.8, 4) is 0 Å². The number of hydrogen-bond donors (Lipinski definition) is 2. The quantitative estimate of drug-likeness (QED) is 0.812. The second-order valence-electron chi connectivity index (χ2n) is 4.97. The highest BCUT2D eigenvalue weighted by Gasteiger charge is 2.09. The molecule has 20 heavy (non-hydrogen) atoms. The molecule has 0 saturated carbocycles. The highest BCUT2D eigenvalue weighted by Crippen LogP contribution is 2.06. The number of hydrogen-bond acceptors (Lipinski definition) is 3. The van der Waals surface area contributed by atoms with Crippen LogP contribution < -0.4 is 10.6 Å². The maximum absolute atomic E-state index is 11.9. The number of carbonyl (C=O) groups is 1. The van der Waals surface area contributed by atoms with Gasteiger partial charge in [0.1, 0.15) is 5.65 Å². The van der Waals surface area contributed by atoms with Crippen molar-refractivity contribution >= 4 is 11.6 Å². The molecule has 2 aromatic rings. The molecule has 0 saturated heterocycles. The SMILES string of the molecule is O=C(Cc1cn2ccccc2n1)NCC1=CCNCC1. The molecular formula is C15H18N4O. The van der Waals surface area contributed by atoms with E-state index in [4.69, 9.17) is 0 Å². The van der Waals surface area contributed by atoms with Gasteiger partial charge in [-0.15, -0.1) is 0 Å². The molecule has 0 fully saturated rings. The van der Waals surface area contributed by atoms with Gasteiger partial charge in [0.2, 0.25) is 5.91 Å². The molecule has 0 aliphatic carbocycles. The average molecular weight is 270 g/mol. The fourth-order valence-corrected chi connectivity index (χ4v) is 2.34. The van der Waals surface area contributed by atoms with E-state index < -0.39 is 0 Å². The Labute approximate surface area is 117 Å². The lowest BCUT2D eigenvalue weighted by Gasteiger charge is -2.14. The number of aromatic nitrogens is 2. The predicted molar refractivity (Wildman–Crippen MR) is 77.5 cm³/mol. The molecule has 0 atom stereocenters. The zero-order chi connectivity index (χ0) is 13.8. The minimum Gasteiger partial charge on any atom is -0.352 e. The van der Waals surface area contributed by atoms with Crippen LogP contribution in [0.2, 0.25) is 0 Å². The molecule has 0 aromatic carbocycles. The number of carbonyl (C=O) groups excluding carboxylic acids is 1. The Morgan fingerprint density at radius 2 is 2.40 bits per heavy atom. The van der Waals surface area contributed by atoms with Crippen molar-refractivity contribution in [3.05, 3.63) is 47.9 Å². The minimum absolute atomic E-state index is 0.0211. The van der Waals surface area contributed by atoms with Crippen LogP contribution in [-0.4, -0.2) is 34.9 Å². The second-order valence-corrected chi connectivity index (χ2v) is 4.97. The normalized spacial score (nSPS) is 15.1. The van der Waals surface area contributed by atoms with Crippen LogP contribution >= 0.6 is 0 Å². The Hall–Kier alpha value is -2.14. The fourth-order valence-electron chi connectivity index (χ4n) is 2.34. The summed E-state index contributed by atoms with van der Waals surface area (Å²) >= 11 is 0. The Kier molecular flexibility index (Phi) is 3.78. The van der Waals surface area contributed by atoms with Crippen LogP contribution in [0.1, 0.15) is 12.1 Å². The van der Waals surface area contributed by atoms with E-state index in [1.807, 2.05) is 35.0 Å². The van der Waals surface area contributed by atoms with Crippen molar-refractivity contribution in [2.24, 2.45) is 0 Å². The summed E-state index contributed by atoms with van der Waals surface area (Å²) in [5.41, 5.74) is 2.97. The summed E-state index contributed by atoms with van der Waals surface area (Å²) in [7, 11) is 0. The number of nitrogens with zero attached hydrogens (tertiary/aromatic N) is 2. The van der Waals surface area contributed by atoms with Gasteiger partial charge in [-0.1, -0.05) is 17.7 Å². The highest BCUT2D eigenvalue weighted by atomic mass is 16.1. The first-order valence-electron chi connectivity index (χ1n) is 6.89. The summed E-state index contributed by atoms with van der Waals surface area (Å²) < 4.78 is 1.93. The number of amides is 1. The molecule has 2 N–H and O–H groups in total. The van der Waals surface area contributed by atoms with Gasteiger partial charge in [-0.25, -0.2) is 4.98 Å². The third kappa shape index (κ3) is 3.05. The number of fused-ring (bicyclic) bond motifs is 1. The maximum Gasteiger partial charge on any atom is 0.226 e. The van der Waals surface area contributed by atoms with E-state index in [-0.39, 0.29) is 5.91 Å². The van der Waals surface area contributed by atoms with Crippen LogP contribution in [0.3, 0.4) is 0 Å². The first kappa shape index (κ1) is 12.9. The van der Waals surface area contributed by atoms with Gasteiger partial charge in [0.05, 0.1) is 12.1 Å². The van der Waals surface area contributed by atoms with E-state index in [0.717, 1.165) is 30.9 Å². The Balaban J connectivity index is 1.56. The average Bonchev–Trinajstić information content (AvgIpc) is 2.88. The van der Waals surface area contributed by atoms with Crippen molar-refractivity contribution in [1.82, 2.24) is 20.0 Å². The minimum atomic E-state index is 0.0211. The van der Waals surface area contributed by atoms with Crippen molar-refractivity contribution in [3.63, 3.8) is 0 Å². The summed E-state index contributed by atoms with van der Waals surface area (Å²) in [5.74, 6) is 0.0211. The van der Waals surface area contributed by atoms with Gasteiger partial charge < -0.3 is 15.0 Å². The van der Waals surface area contributed by atoms with Crippen LogP contribution in [0, 0.1) is 0 Å². The van der Waals surface area contributed by atoms with E-state index in [0.29, 0.717) is 13.0 Å². The molecule has 0 radical (unpaired) electrons. The Morgan fingerprint density at radius 3 is 3.20 bits per heavy atom. The molecule has 0 unspecified atom stereocenters. The third-order valence-electron chi connectivity index (χ3n) is 3.43. The molecule has 0 bridgehead atoms. The van der Waals surface area contributed by atoms with E-state index in [2.05, 4.69) is 21.7 Å². The van der Waals surface area contributed by atoms with E-state index in [1.54, 1.807) is 0 Å². The largest absolute Gasteiger partial charge is 0.352 e. The molecule has 1 aliphatic rings. The van der Waals surface area contributed by atoms with Gasteiger partial charge in [-0.2, -0.15) is 0 Å². The molecule has 3 rings (SSSR count). The van der Waals surface area contributed by atoms with Gasteiger partial charge in [0, 0.05) is 25.5 Å². The van der Waals surface area contributed by atoms with Crippen molar-refractivity contribution in [1.29, 1.82) is 0 Å². The smallest absolute Gasteiger partial charge is 0.226 e. The monoisotopic (exact) mass is 270 g/mol. The summed E-state index contributed by atoms with van der Waals surface area (Å²) in [6.45, 7) is 2.54. The van der Waals surface area contributed by atoms with Crippen LogP contribution in [0.4, 0.5) is 0 Å². The van der Waals surface area contributed by atoms with Crippen LogP contribution in [0.5, 0.6) is 0 Å². The Morgan fingerprint density at radius 1 is 1.45 bits per heavy atom. The molecule has 5 nitrogen and oxygen atoms in total. The third-order valence-corrected chi connectivity index (χ3v) is 3.43. The number of rotatable bonds is 4. The van der Waals surface area contributed by atoms with Crippen LogP contribution in [0.25, 0.3) is 5.65 Å². The first-order chi connectivity index (χ1) is 9.81. The molecule has 1 amide bonds. The summed E-state index contributed by atoms with van der Waals surface area (Å²) in [6.07, 6.45) is 7.32. The number of nitrogens with one attached hydrogen (secondary N) is 2. The van der Waals surface area contributed by atoms with Gasteiger partial charge >= 0.3 is 0 Å². The van der Waals surface area contributed by atoms with Gasteiger partial charge in [0.25, 0.3) is 0 Å². The molecule has 104 valence electrons.